The Hall–Kier alpha value is -6.33. The molecule has 0 saturated heterocycles. The second-order valence-electron chi connectivity index (χ2n) is 13.9. The summed E-state index contributed by atoms with van der Waals surface area (Å²) in [6, 6.07) is 43.8. The molecular formula is C42H20B2N2O3. The van der Waals surface area contributed by atoms with Gasteiger partial charge in [0.15, 0.2) is 0 Å². The van der Waals surface area contributed by atoms with Gasteiger partial charge in [-0.3, -0.25) is 0 Å². The molecule has 9 aromatic rings. The van der Waals surface area contributed by atoms with Crippen molar-refractivity contribution in [1.82, 2.24) is 9.13 Å². The number of benzene rings is 7. The Balaban J connectivity index is 1.22. The molecule has 2 bridgehead atoms. The first-order chi connectivity index (χ1) is 24.3. The molecule has 0 aliphatic carbocycles. The molecule has 0 spiro atoms. The fourth-order valence-electron chi connectivity index (χ4n) is 10.1. The maximum Gasteiger partial charge on any atom is 0.261 e. The van der Waals surface area contributed by atoms with Gasteiger partial charge < -0.3 is 23.3 Å². The van der Waals surface area contributed by atoms with Gasteiger partial charge in [0.05, 0.1) is 22.1 Å². The lowest BCUT2D eigenvalue weighted by molar-refractivity contribution is 0.465. The van der Waals surface area contributed by atoms with Crippen LogP contribution in [-0.2, 0) is 0 Å². The zero-order valence-electron chi connectivity index (χ0n) is 25.8. The first-order valence-electron chi connectivity index (χ1n) is 16.9. The van der Waals surface area contributed by atoms with Crippen LogP contribution < -0.4 is 47.0 Å². The normalized spacial score (nSPS) is 14.5. The molecule has 5 nitrogen and oxygen atoms in total. The van der Waals surface area contributed by atoms with Gasteiger partial charge in [-0.2, -0.15) is 0 Å². The first-order valence-corrected chi connectivity index (χ1v) is 16.9. The molecule has 49 heavy (non-hydrogen) atoms. The van der Waals surface area contributed by atoms with Crippen molar-refractivity contribution >= 4 is 89.8 Å². The molecule has 222 valence electrons. The molecule has 5 aliphatic heterocycles. The van der Waals surface area contributed by atoms with E-state index in [2.05, 4.69) is 130 Å². The van der Waals surface area contributed by atoms with Crippen LogP contribution in [-0.4, -0.2) is 22.6 Å². The second-order valence-corrected chi connectivity index (χ2v) is 13.9. The summed E-state index contributed by atoms with van der Waals surface area (Å²) in [6.07, 6.45) is 0. The van der Waals surface area contributed by atoms with Crippen molar-refractivity contribution in [2.45, 2.75) is 0 Å². The SMILES string of the molecule is c1cc2c3c(c1)-n1c4ccccc4c4ccc5c(c41)B3c1cc3c(cc1O2)Oc1cccc2c1B3c1c(ccc3c4ccccc4n-2c13)O5. The van der Waals surface area contributed by atoms with Crippen molar-refractivity contribution in [3.05, 3.63) is 121 Å². The summed E-state index contributed by atoms with van der Waals surface area (Å²) in [5.74, 6) is 5.19. The second kappa shape index (κ2) is 7.69. The summed E-state index contributed by atoms with van der Waals surface area (Å²) in [4.78, 5) is 0. The Labute approximate surface area is 279 Å². The Kier molecular flexibility index (Phi) is 3.75. The number of para-hydroxylation sites is 2. The van der Waals surface area contributed by atoms with Crippen LogP contribution in [0.15, 0.2) is 121 Å². The highest BCUT2D eigenvalue weighted by Crippen LogP contribution is 2.44. The van der Waals surface area contributed by atoms with Crippen LogP contribution in [0.1, 0.15) is 0 Å². The Morgan fingerprint density at radius 1 is 0.367 bits per heavy atom. The summed E-state index contributed by atoms with van der Waals surface area (Å²) >= 11 is 0. The molecule has 0 saturated carbocycles. The summed E-state index contributed by atoms with van der Waals surface area (Å²) in [5, 5.41) is 4.93. The quantitative estimate of drug-likeness (QED) is 0.199. The van der Waals surface area contributed by atoms with Crippen LogP contribution in [0.25, 0.3) is 55.0 Å². The van der Waals surface area contributed by atoms with Crippen molar-refractivity contribution in [3.63, 3.8) is 0 Å². The van der Waals surface area contributed by atoms with Gasteiger partial charge in [-0.05, 0) is 93.4 Å². The Morgan fingerprint density at radius 3 is 1.37 bits per heavy atom. The third-order valence-electron chi connectivity index (χ3n) is 11.8. The summed E-state index contributed by atoms with van der Waals surface area (Å²) in [7, 11) is 0. The van der Waals surface area contributed by atoms with E-state index in [4.69, 9.17) is 14.2 Å². The molecule has 0 atom stereocenters. The minimum Gasteiger partial charge on any atom is -0.458 e. The molecule has 0 amide bonds. The zero-order chi connectivity index (χ0) is 31.3. The van der Waals surface area contributed by atoms with E-state index in [1.54, 1.807) is 0 Å². The Morgan fingerprint density at radius 2 is 0.837 bits per heavy atom. The number of fused-ring (bicyclic) bond motifs is 8. The van der Waals surface area contributed by atoms with Gasteiger partial charge in [0, 0.05) is 39.0 Å². The van der Waals surface area contributed by atoms with Crippen molar-refractivity contribution in [2.24, 2.45) is 0 Å². The lowest BCUT2D eigenvalue weighted by Gasteiger charge is -2.38. The summed E-state index contributed by atoms with van der Waals surface area (Å²) in [5.41, 5.74) is 14.1. The van der Waals surface area contributed by atoms with Gasteiger partial charge >= 0.3 is 0 Å². The van der Waals surface area contributed by atoms with Crippen molar-refractivity contribution in [3.8, 4) is 45.9 Å². The van der Waals surface area contributed by atoms with E-state index in [9.17, 15) is 0 Å². The lowest BCUT2D eigenvalue weighted by atomic mass is 9.31. The van der Waals surface area contributed by atoms with E-state index in [-0.39, 0.29) is 13.4 Å². The van der Waals surface area contributed by atoms with Crippen LogP contribution in [0, 0.1) is 0 Å². The highest BCUT2D eigenvalue weighted by molar-refractivity contribution is 7.02. The minimum atomic E-state index is -0.0762. The van der Waals surface area contributed by atoms with E-state index in [1.165, 1.54) is 65.5 Å². The molecule has 7 aromatic carbocycles. The van der Waals surface area contributed by atoms with Crippen molar-refractivity contribution in [1.29, 1.82) is 0 Å². The van der Waals surface area contributed by atoms with Gasteiger partial charge in [0.1, 0.15) is 34.5 Å². The van der Waals surface area contributed by atoms with E-state index in [0.717, 1.165) is 56.8 Å². The molecule has 5 aliphatic rings. The number of ether oxygens (including phenoxy) is 3. The molecule has 7 heteroatoms. The standard InChI is InChI=1S/C42H20B2N2O3/c1-3-9-27-21(7-1)23-15-17-33-39-41(23)45(27)29-11-5-13-31-37(29)43(39)25-19-26-36(20-35(25)48-31)49-32-14-6-12-30-38(32)44(26)40-34(47-33)18-16-24-22-8-2-4-10-28(22)46(30)42(24)40/h1-20H. The third-order valence-corrected chi connectivity index (χ3v) is 11.8. The summed E-state index contributed by atoms with van der Waals surface area (Å²) < 4.78 is 25.9. The lowest BCUT2D eigenvalue weighted by Crippen LogP contribution is -2.63. The molecule has 14 rings (SSSR count). The first kappa shape index (κ1) is 23.9. The van der Waals surface area contributed by atoms with Gasteiger partial charge in [-0.1, -0.05) is 54.6 Å². The molecule has 0 radical (unpaired) electrons. The third kappa shape index (κ3) is 2.51. The van der Waals surface area contributed by atoms with Crippen LogP contribution >= 0.6 is 0 Å². The molecule has 7 heterocycles. The number of aromatic nitrogens is 2. The average Bonchev–Trinajstić information content (AvgIpc) is 3.66. The van der Waals surface area contributed by atoms with Gasteiger partial charge in [-0.15, -0.1) is 0 Å². The average molecular weight is 622 g/mol. The largest absolute Gasteiger partial charge is 0.458 e. The van der Waals surface area contributed by atoms with E-state index in [0.29, 0.717) is 0 Å². The van der Waals surface area contributed by atoms with E-state index in [1.807, 2.05) is 0 Å². The Bertz CT molecular complexity index is 2910. The predicted octanol–water partition coefficient (Wildman–Crippen LogP) is 5.86. The monoisotopic (exact) mass is 622 g/mol. The fourth-order valence-corrected chi connectivity index (χ4v) is 10.1. The number of hydrogen-bond acceptors (Lipinski definition) is 3. The zero-order valence-corrected chi connectivity index (χ0v) is 25.8. The number of nitrogens with zero attached hydrogens (tertiary/aromatic N) is 2. The van der Waals surface area contributed by atoms with Crippen LogP contribution in [0.5, 0.6) is 34.5 Å². The van der Waals surface area contributed by atoms with Crippen LogP contribution in [0.3, 0.4) is 0 Å². The smallest absolute Gasteiger partial charge is 0.261 e. The molecule has 0 unspecified atom stereocenters. The van der Waals surface area contributed by atoms with Crippen molar-refractivity contribution < 1.29 is 14.2 Å². The van der Waals surface area contributed by atoms with Crippen LogP contribution in [0.2, 0.25) is 0 Å². The van der Waals surface area contributed by atoms with Crippen LogP contribution in [0.4, 0.5) is 0 Å². The predicted molar refractivity (Wildman–Crippen MR) is 198 cm³/mol. The fraction of sp³-hybridized carbons (Fsp3) is 0. The van der Waals surface area contributed by atoms with Gasteiger partial charge in [-0.25, -0.2) is 0 Å². The highest BCUT2D eigenvalue weighted by Gasteiger charge is 2.48. The topological polar surface area (TPSA) is 37.5 Å². The number of rotatable bonds is 0. The summed E-state index contributed by atoms with van der Waals surface area (Å²) in [6.45, 7) is -0.152. The maximum absolute atomic E-state index is 7.37. The maximum atomic E-state index is 7.37. The van der Waals surface area contributed by atoms with Gasteiger partial charge in [0.2, 0.25) is 0 Å². The highest BCUT2D eigenvalue weighted by atomic mass is 16.5. The minimum absolute atomic E-state index is 0.0762. The number of hydrogen-bond donors (Lipinski definition) is 0. The molecular weight excluding hydrogens is 602 g/mol. The van der Waals surface area contributed by atoms with E-state index >= 15 is 0 Å². The van der Waals surface area contributed by atoms with E-state index < -0.39 is 0 Å². The van der Waals surface area contributed by atoms with Gasteiger partial charge in [0.25, 0.3) is 13.4 Å². The molecule has 0 N–H and O–H groups in total. The van der Waals surface area contributed by atoms with Crippen molar-refractivity contribution in [2.75, 3.05) is 0 Å². The molecule has 0 fully saturated rings. The molecule has 2 aromatic heterocycles.